The first kappa shape index (κ1) is 73.2. The molecule has 0 aromatic carbocycles. The van der Waals surface area contributed by atoms with Crippen molar-refractivity contribution in [1.82, 2.24) is 5.32 Å². The third-order valence-electron chi connectivity index (χ3n) is 14.6. The SMILES string of the molecule is CCCCCCCCC/C=C/C=C/CCCCCC(=O)NC(COP(=O)([O-])OCC[N+](C)(C)C)C(/C=C/CCCCCCCCCCCC)OC(=O)CCCCCCCCCCCCCCCCCCCCCCC. The molecule has 3 atom stereocenters. The summed E-state index contributed by atoms with van der Waals surface area (Å²) in [6.45, 7) is 6.86. The number of quaternary nitrogens is 1. The molecule has 10 heteroatoms. The van der Waals surface area contributed by atoms with Gasteiger partial charge in [0, 0.05) is 12.8 Å². The molecule has 0 aromatic rings. The van der Waals surface area contributed by atoms with E-state index in [9.17, 15) is 19.0 Å². The minimum atomic E-state index is -4.70. The van der Waals surface area contributed by atoms with E-state index in [1.54, 1.807) is 0 Å². The maximum atomic E-state index is 13.5. The summed E-state index contributed by atoms with van der Waals surface area (Å²) in [5, 5.41) is 3.02. The van der Waals surface area contributed by atoms with E-state index >= 15 is 0 Å². The van der Waals surface area contributed by atoms with Gasteiger partial charge in [0.1, 0.15) is 19.3 Å². The number of carbonyl (C=O) groups is 2. The second-order valence-corrected chi connectivity index (χ2v) is 24.7. The van der Waals surface area contributed by atoms with Crippen molar-refractivity contribution in [3.05, 3.63) is 36.5 Å². The molecular weight excluding hydrogens is 952 g/mol. The number of ether oxygens (including phenoxy) is 1. The molecular formula is C65H125N2O7P. The first-order chi connectivity index (χ1) is 36.4. The van der Waals surface area contributed by atoms with E-state index in [1.807, 2.05) is 33.3 Å². The summed E-state index contributed by atoms with van der Waals surface area (Å²) in [5.74, 6) is -0.557. The Balaban J connectivity index is 5.20. The zero-order valence-electron chi connectivity index (χ0n) is 50.5. The Hall–Kier alpha value is -1.77. The lowest BCUT2D eigenvalue weighted by Crippen LogP contribution is -2.47. The summed E-state index contributed by atoms with van der Waals surface area (Å²) >= 11 is 0. The zero-order chi connectivity index (χ0) is 55.0. The van der Waals surface area contributed by atoms with Crippen molar-refractivity contribution in [2.75, 3.05) is 40.9 Å². The second-order valence-electron chi connectivity index (χ2n) is 23.3. The van der Waals surface area contributed by atoms with Gasteiger partial charge in [0.05, 0.1) is 33.8 Å². The average Bonchev–Trinajstić information content (AvgIpc) is 3.37. The number of nitrogens with one attached hydrogen (secondary N) is 1. The fourth-order valence-electron chi connectivity index (χ4n) is 9.57. The number of phosphoric ester groups is 1. The number of hydrogen-bond donors (Lipinski definition) is 1. The Labute approximate surface area is 466 Å². The van der Waals surface area contributed by atoms with Crippen LogP contribution in [0, 0.1) is 0 Å². The molecule has 0 saturated carbocycles. The predicted octanol–water partition coefficient (Wildman–Crippen LogP) is 19.3. The number of phosphoric acid groups is 1. The molecule has 442 valence electrons. The van der Waals surface area contributed by atoms with E-state index in [0.29, 0.717) is 17.4 Å². The third-order valence-corrected chi connectivity index (χ3v) is 15.6. The molecule has 0 aliphatic heterocycles. The van der Waals surface area contributed by atoms with Crippen LogP contribution in [0.2, 0.25) is 0 Å². The Morgan fingerprint density at radius 2 is 0.800 bits per heavy atom. The molecule has 0 saturated heterocycles. The molecule has 75 heavy (non-hydrogen) atoms. The van der Waals surface area contributed by atoms with Crippen LogP contribution in [0.1, 0.15) is 316 Å². The lowest BCUT2D eigenvalue weighted by molar-refractivity contribution is -0.870. The average molecular weight is 1080 g/mol. The Bertz CT molecular complexity index is 1380. The van der Waals surface area contributed by atoms with Crippen molar-refractivity contribution < 1.29 is 37.3 Å². The number of unbranched alkanes of at least 4 members (excludes halogenated alkanes) is 40. The third kappa shape index (κ3) is 56.8. The highest BCUT2D eigenvalue weighted by Gasteiger charge is 2.27. The van der Waals surface area contributed by atoms with Gasteiger partial charge in [0.15, 0.2) is 0 Å². The minimum absolute atomic E-state index is 0.0251. The highest BCUT2D eigenvalue weighted by atomic mass is 31.2. The summed E-state index contributed by atoms with van der Waals surface area (Å²) in [7, 11) is 1.18. The summed E-state index contributed by atoms with van der Waals surface area (Å²) in [6.07, 6.45) is 66.9. The van der Waals surface area contributed by atoms with Crippen LogP contribution in [-0.2, 0) is 27.9 Å². The van der Waals surface area contributed by atoms with Crippen molar-refractivity contribution in [2.45, 2.75) is 328 Å². The molecule has 0 radical (unpaired) electrons. The first-order valence-corrected chi connectivity index (χ1v) is 33.8. The Morgan fingerprint density at radius 3 is 1.19 bits per heavy atom. The predicted molar refractivity (Wildman–Crippen MR) is 321 cm³/mol. The maximum Gasteiger partial charge on any atom is 0.306 e. The van der Waals surface area contributed by atoms with Gasteiger partial charge in [-0.2, -0.15) is 0 Å². The molecule has 0 rings (SSSR count). The highest BCUT2D eigenvalue weighted by Crippen LogP contribution is 2.38. The standard InChI is InChI=1S/C65H125N2O7P/c1-7-10-13-16-19-22-25-28-30-32-33-34-35-36-38-40-43-46-49-52-55-58-65(69)74-63(56-53-50-47-44-41-27-24-21-18-15-12-9-3)62(61-73-75(70,71)72-60-59-67(4,5)6)66-64(68)57-54-51-48-45-42-39-37-31-29-26-23-20-17-14-11-8-2/h31,37,39,42,53,56,62-63H,7-30,32-36,38,40-41,43-52,54-55,57-61H2,1-6H3,(H-,66,68,70,71)/b37-31+,42-39+,56-53+. The maximum absolute atomic E-state index is 13.5. The van der Waals surface area contributed by atoms with Crippen LogP contribution in [0.4, 0.5) is 0 Å². The van der Waals surface area contributed by atoms with E-state index in [4.69, 9.17) is 13.8 Å². The topological polar surface area (TPSA) is 114 Å². The zero-order valence-corrected chi connectivity index (χ0v) is 51.4. The number of esters is 1. The van der Waals surface area contributed by atoms with E-state index in [2.05, 4.69) is 50.4 Å². The van der Waals surface area contributed by atoms with Crippen LogP contribution >= 0.6 is 7.82 Å². The summed E-state index contributed by atoms with van der Waals surface area (Å²) in [6, 6.07) is -0.898. The van der Waals surface area contributed by atoms with Crippen molar-refractivity contribution >= 4 is 19.7 Å². The molecule has 0 aromatic heterocycles. The van der Waals surface area contributed by atoms with Gasteiger partial charge in [-0.15, -0.1) is 0 Å². The molecule has 0 fully saturated rings. The lowest BCUT2D eigenvalue weighted by atomic mass is 10.0. The van der Waals surface area contributed by atoms with Crippen LogP contribution in [0.3, 0.4) is 0 Å². The monoisotopic (exact) mass is 1080 g/mol. The van der Waals surface area contributed by atoms with E-state index in [1.165, 1.54) is 212 Å². The Morgan fingerprint density at radius 1 is 0.467 bits per heavy atom. The molecule has 9 nitrogen and oxygen atoms in total. The molecule has 0 aliphatic rings. The van der Waals surface area contributed by atoms with Crippen LogP contribution in [0.25, 0.3) is 0 Å². The normalized spacial score (nSPS) is 13.9. The van der Waals surface area contributed by atoms with Crippen molar-refractivity contribution in [2.24, 2.45) is 0 Å². The molecule has 0 bridgehead atoms. The number of rotatable bonds is 59. The van der Waals surface area contributed by atoms with Gasteiger partial charge in [-0.25, -0.2) is 0 Å². The first-order valence-electron chi connectivity index (χ1n) is 32.3. The van der Waals surface area contributed by atoms with Gasteiger partial charge >= 0.3 is 5.97 Å². The van der Waals surface area contributed by atoms with Gasteiger partial charge in [-0.1, -0.05) is 282 Å². The van der Waals surface area contributed by atoms with Crippen molar-refractivity contribution in [3.8, 4) is 0 Å². The molecule has 0 heterocycles. The van der Waals surface area contributed by atoms with Crippen LogP contribution in [0.15, 0.2) is 36.5 Å². The van der Waals surface area contributed by atoms with Crippen LogP contribution in [-0.4, -0.2) is 69.4 Å². The summed E-state index contributed by atoms with van der Waals surface area (Å²) < 4.78 is 30.3. The molecule has 3 unspecified atom stereocenters. The smallest absolute Gasteiger partial charge is 0.306 e. The molecule has 0 aliphatic carbocycles. The number of likely N-dealkylation sites (N-methyl/N-ethyl adjacent to an activating group) is 1. The van der Waals surface area contributed by atoms with Gasteiger partial charge in [-0.3, -0.25) is 14.2 Å². The second kappa shape index (κ2) is 55.5. The number of amides is 1. The van der Waals surface area contributed by atoms with E-state index < -0.39 is 26.6 Å². The van der Waals surface area contributed by atoms with Crippen molar-refractivity contribution in [1.29, 1.82) is 0 Å². The largest absolute Gasteiger partial charge is 0.756 e. The van der Waals surface area contributed by atoms with Gasteiger partial charge < -0.3 is 28.5 Å². The number of nitrogens with zero attached hydrogens (tertiary/aromatic N) is 1. The lowest BCUT2D eigenvalue weighted by Gasteiger charge is -2.30. The molecule has 1 amide bonds. The fraction of sp³-hybridized carbons (Fsp3) is 0.877. The van der Waals surface area contributed by atoms with Crippen molar-refractivity contribution in [3.63, 3.8) is 0 Å². The van der Waals surface area contributed by atoms with Gasteiger partial charge in [-0.05, 0) is 57.4 Å². The van der Waals surface area contributed by atoms with Crippen LogP contribution in [0.5, 0.6) is 0 Å². The highest BCUT2D eigenvalue weighted by molar-refractivity contribution is 7.45. The van der Waals surface area contributed by atoms with Crippen LogP contribution < -0.4 is 10.2 Å². The van der Waals surface area contributed by atoms with Gasteiger partial charge in [0.25, 0.3) is 7.82 Å². The van der Waals surface area contributed by atoms with E-state index in [-0.39, 0.29) is 31.3 Å². The number of allylic oxidation sites excluding steroid dienone is 5. The number of hydrogen-bond acceptors (Lipinski definition) is 7. The summed E-state index contributed by atoms with van der Waals surface area (Å²) in [5.41, 5.74) is 0. The van der Waals surface area contributed by atoms with E-state index in [0.717, 1.165) is 64.2 Å². The van der Waals surface area contributed by atoms with Gasteiger partial charge in [0.2, 0.25) is 5.91 Å². The molecule has 1 N–H and O–H groups in total. The number of carbonyl (C=O) groups excluding carboxylic acids is 2. The quantitative estimate of drug-likeness (QED) is 0.0161. The minimum Gasteiger partial charge on any atom is -0.756 e. The summed E-state index contributed by atoms with van der Waals surface area (Å²) in [4.78, 5) is 40.0. The fourth-order valence-corrected chi connectivity index (χ4v) is 10.3. The molecule has 0 spiro atoms. The Kier molecular flexibility index (Phi) is 54.2.